The molecule has 0 radical (unpaired) electrons. The van der Waals surface area contributed by atoms with Crippen LogP contribution in [0.3, 0.4) is 0 Å². The van der Waals surface area contributed by atoms with Crippen LogP contribution < -0.4 is 10.2 Å². The Labute approximate surface area is 121 Å². The zero-order valence-corrected chi connectivity index (χ0v) is 12.6. The Morgan fingerprint density at radius 2 is 1.70 bits per heavy atom. The fraction of sp³-hybridized carbons (Fsp3) is 0.562. The molecule has 1 aliphatic heterocycles. The summed E-state index contributed by atoms with van der Waals surface area (Å²) in [6.45, 7) is 7.81. The van der Waals surface area contributed by atoms with Crippen LogP contribution in [-0.2, 0) is 4.74 Å². The van der Waals surface area contributed by atoms with Gasteiger partial charge in [-0.05, 0) is 64.3 Å². The molecule has 1 N–H and O–H groups in total. The minimum atomic E-state index is -0.474. The van der Waals surface area contributed by atoms with Gasteiger partial charge in [0.2, 0.25) is 0 Å². The van der Waals surface area contributed by atoms with Gasteiger partial charge in [0.1, 0.15) is 5.60 Å². The fourth-order valence-corrected chi connectivity index (χ4v) is 2.33. The number of benzene rings is 1. The SMILES string of the molecule is CC(C)(C)OC(=O)Nc1ccc(N2CCCCC2)cc1. The van der Waals surface area contributed by atoms with E-state index in [0.717, 1.165) is 18.8 Å². The van der Waals surface area contributed by atoms with E-state index in [1.807, 2.05) is 32.9 Å². The van der Waals surface area contributed by atoms with Gasteiger partial charge < -0.3 is 9.64 Å². The molecule has 2 rings (SSSR count). The molecule has 1 heterocycles. The third kappa shape index (κ3) is 4.44. The van der Waals surface area contributed by atoms with E-state index in [9.17, 15) is 4.79 Å². The van der Waals surface area contributed by atoms with Crippen molar-refractivity contribution in [2.45, 2.75) is 45.6 Å². The quantitative estimate of drug-likeness (QED) is 0.887. The maximum absolute atomic E-state index is 11.7. The maximum Gasteiger partial charge on any atom is 0.412 e. The molecule has 4 heteroatoms. The number of hydrogen-bond donors (Lipinski definition) is 1. The van der Waals surface area contributed by atoms with E-state index >= 15 is 0 Å². The first-order chi connectivity index (χ1) is 9.44. The first kappa shape index (κ1) is 14.7. The molecule has 1 amide bonds. The molecule has 0 atom stereocenters. The number of piperidine rings is 1. The highest BCUT2D eigenvalue weighted by molar-refractivity contribution is 5.85. The van der Waals surface area contributed by atoms with E-state index in [0.29, 0.717) is 0 Å². The third-order valence-corrected chi connectivity index (χ3v) is 3.23. The summed E-state index contributed by atoms with van der Waals surface area (Å²) in [4.78, 5) is 14.1. The average Bonchev–Trinajstić information content (AvgIpc) is 2.38. The summed E-state index contributed by atoms with van der Waals surface area (Å²) in [7, 11) is 0. The number of nitrogens with zero attached hydrogens (tertiary/aromatic N) is 1. The Morgan fingerprint density at radius 1 is 1.10 bits per heavy atom. The van der Waals surface area contributed by atoms with Crippen molar-refractivity contribution in [1.82, 2.24) is 0 Å². The summed E-state index contributed by atoms with van der Waals surface area (Å²) in [5.41, 5.74) is 1.51. The van der Waals surface area contributed by atoms with E-state index in [4.69, 9.17) is 4.74 Å². The van der Waals surface area contributed by atoms with Crippen LogP contribution in [0.4, 0.5) is 16.2 Å². The van der Waals surface area contributed by atoms with Crippen molar-refractivity contribution < 1.29 is 9.53 Å². The molecular weight excluding hydrogens is 252 g/mol. The van der Waals surface area contributed by atoms with E-state index in [1.54, 1.807) is 0 Å². The topological polar surface area (TPSA) is 41.6 Å². The van der Waals surface area contributed by atoms with Gasteiger partial charge in [-0.2, -0.15) is 0 Å². The molecule has 110 valence electrons. The molecule has 0 bridgehead atoms. The monoisotopic (exact) mass is 276 g/mol. The highest BCUT2D eigenvalue weighted by atomic mass is 16.6. The Bertz CT molecular complexity index is 443. The molecule has 1 aliphatic rings. The lowest BCUT2D eigenvalue weighted by atomic mass is 10.1. The predicted molar refractivity (Wildman–Crippen MR) is 82.4 cm³/mol. The Hall–Kier alpha value is -1.71. The molecule has 0 spiro atoms. The summed E-state index contributed by atoms with van der Waals surface area (Å²) in [5.74, 6) is 0. The number of hydrogen-bond acceptors (Lipinski definition) is 3. The van der Waals surface area contributed by atoms with Crippen LogP contribution in [0.1, 0.15) is 40.0 Å². The van der Waals surface area contributed by atoms with Crippen molar-refractivity contribution in [3.8, 4) is 0 Å². The van der Waals surface area contributed by atoms with Gasteiger partial charge in [0, 0.05) is 24.5 Å². The van der Waals surface area contributed by atoms with Crippen molar-refractivity contribution in [3.63, 3.8) is 0 Å². The van der Waals surface area contributed by atoms with E-state index in [-0.39, 0.29) is 0 Å². The van der Waals surface area contributed by atoms with Crippen LogP contribution >= 0.6 is 0 Å². The lowest BCUT2D eigenvalue weighted by Gasteiger charge is -2.28. The van der Waals surface area contributed by atoms with Gasteiger partial charge in [0.05, 0.1) is 0 Å². The summed E-state index contributed by atoms with van der Waals surface area (Å²) in [6.07, 6.45) is 3.44. The molecule has 0 saturated carbocycles. The molecule has 1 saturated heterocycles. The van der Waals surface area contributed by atoms with Crippen molar-refractivity contribution in [2.24, 2.45) is 0 Å². The fourth-order valence-electron chi connectivity index (χ4n) is 2.33. The van der Waals surface area contributed by atoms with Crippen LogP contribution in [-0.4, -0.2) is 24.8 Å². The van der Waals surface area contributed by atoms with Crippen LogP contribution in [0.15, 0.2) is 24.3 Å². The molecule has 0 unspecified atom stereocenters. The molecule has 1 aromatic carbocycles. The first-order valence-electron chi connectivity index (χ1n) is 7.29. The van der Waals surface area contributed by atoms with Gasteiger partial charge in [-0.15, -0.1) is 0 Å². The number of ether oxygens (including phenoxy) is 1. The maximum atomic E-state index is 11.7. The van der Waals surface area contributed by atoms with Gasteiger partial charge in [0.25, 0.3) is 0 Å². The molecule has 4 nitrogen and oxygen atoms in total. The minimum absolute atomic E-state index is 0.414. The lowest BCUT2D eigenvalue weighted by Crippen LogP contribution is -2.29. The summed E-state index contributed by atoms with van der Waals surface area (Å²) in [6, 6.07) is 7.96. The van der Waals surface area contributed by atoms with Crippen molar-refractivity contribution in [1.29, 1.82) is 0 Å². The zero-order chi connectivity index (χ0) is 14.6. The van der Waals surface area contributed by atoms with E-state index in [2.05, 4.69) is 22.3 Å². The van der Waals surface area contributed by atoms with Gasteiger partial charge >= 0.3 is 6.09 Å². The predicted octanol–water partition coefficient (Wildman–Crippen LogP) is 4.02. The highest BCUT2D eigenvalue weighted by Gasteiger charge is 2.16. The first-order valence-corrected chi connectivity index (χ1v) is 7.29. The third-order valence-electron chi connectivity index (χ3n) is 3.23. The van der Waals surface area contributed by atoms with Crippen LogP contribution in [0, 0.1) is 0 Å². The second kappa shape index (κ2) is 6.16. The molecule has 0 aliphatic carbocycles. The minimum Gasteiger partial charge on any atom is -0.444 e. The van der Waals surface area contributed by atoms with Gasteiger partial charge in [-0.25, -0.2) is 4.79 Å². The van der Waals surface area contributed by atoms with Crippen molar-refractivity contribution in [2.75, 3.05) is 23.3 Å². The number of amides is 1. The molecule has 20 heavy (non-hydrogen) atoms. The van der Waals surface area contributed by atoms with Crippen molar-refractivity contribution >= 4 is 17.5 Å². The summed E-state index contributed by atoms with van der Waals surface area (Å²) >= 11 is 0. The number of carbonyl (C=O) groups excluding carboxylic acids is 1. The second-order valence-corrected chi connectivity index (χ2v) is 6.22. The second-order valence-electron chi connectivity index (χ2n) is 6.22. The van der Waals surface area contributed by atoms with Crippen molar-refractivity contribution in [3.05, 3.63) is 24.3 Å². The van der Waals surface area contributed by atoms with E-state index in [1.165, 1.54) is 24.9 Å². The zero-order valence-electron chi connectivity index (χ0n) is 12.6. The Balaban J connectivity index is 1.92. The number of rotatable bonds is 2. The molecule has 1 fully saturated rings. The normalized spacial score (nSPS) is 15.8. The average molecular weight is 276 g/mol. The lowest BCUT2D eigenvalue weighted by molar-refractivity contribution is 0.0636. The Kier molecular flexibility index (Phi) is 4.53. The smallest absolute Gasteiger partial charge is 0.412 e. The molecule has 0 aromatic heterocycles. The number of carbonyl (C=O) groups is 1. The van der Waals surface area contributed by atoms with Crippen LogP contribution in [0.5, 0.6) is 0 Å². The summed E-state index contributed by atoms with van der Waals surface area (Å²) < 4.78 is 5.23. The van der Waals surface area contributed by atoms with E-state index < -0.39 is 11.7 Å². The van der Waals surface area contributed by atoms with Gasteiger partial charge in [-0.3, -0.25) is 5.32 Å². The standard InChI is InChI=1S/C16H24N2O2/c1-16(2,3)20-15(19)17-13-7-9-14(10-8-13)18-11-5-4-6-12-18/h7-10H,4-6,11-12H2,1-3H3,(H,17,19). The number of nitrogens with one attached hydrogen (secondary N) is 1. The van der Waals surface area contributed by atoms with Gasteiger partial charge in [-0.1, -0.05) is 0 Å². The van der Waals surface area contributed by atoms with Crippen LogP contribution in [0.25, 0.3) is 0 Å². The molecular formula is C16H24N2O2. The van der Waals surface area contributed by atoms with Gasteiger partial charge in [0.15, 0.2) is 0 Å². The number of anilines is 2. The Morgan fingerprint density at radius 3 is 2.25 bits per heavy atom. The summed E-state index contributed by atoms with van der Waals surface area (Å²) in [5, 5.41) is 2.75. The largest absolute Gasteiger partial charge is 0.444 e. The molecule has 1 aromatic rings. The van der Waals surface area contributed by atoms with Crippen LogP contribution in [0.2, 0.25) is 0 Å². The highest BCUT2D eigenvalue weighted by Crippen LogP contribution is 2.22.